The maximum atomic E-state index is 11.0. The van der Waals surface area contributed by atoms with Gasteiger partial charge >= 0.3 is 0 Å². The molecule has 11 heavy (non-hydrogen) atoms. The Labute approximate surface area is 82.4 Å². The first-order valence-corrected chi connectivity index (χ1v) is 5.03. The van der Waals surface area contributed by atoms with Crippen molar-refractivity contribution in [2.24, 2.45) is 0 Å². The van der Waals surface area contributed by atoms with Crippen LogP contribution in [-0.4, -0.2) is 5.78 Å². The van der Waals surface area contributed by atoms with Gasteiger partial charge in [-0.2, -0.15) is 0 Å². The molecule has 0 aliphatic carbocycles. The summed E-state index contributed by atoms with van der Waals surface area (Å²) in [5, 5.41) is 0. The molecule has 0 aromatic rings. The fourth-order valence-corrected chi connectivity index (χ4v) is 1.59. The summed E-state index contributed by atoms with van der Waals surface area (Å²) in [6.07, 6.45) is 3.22. The summed E-state index contributed by atoms with van der Waals surface area (Å²) in [7, 11) is 0. The van der Waals surface area contributed by atoms with Crippen LogP contribution >= 0.6 is 22.6 Å². The minimum Gasteiger partial charge on any atom is -0.295 e. The third-order valence-electron chi connectivity index (χ3n) is 1.62. The molecule has 0 rings (SSSR count). The van der Waals surface area contributed by atoms with Gasteiger partial charge in [-0.05, 0) is 52.9 Å². The number of carbonyl (C=O) groups is 1. The van der Waals surface area contributed by atoms with Gasteiger partial charge in [0.2, 0.25) is 0 Å². The van der Waals surface area contributed by atoms with E-state index in [2.05, 4.69) is 29.5 Å². The number of carbonyl (C=O) groups excluding carboxylic acids is 1. The molecular weight excluding hydrogens is 251 g/mol. The fourth-order valence-electron chi connectivity index (χ4n) is 0.944. The van der Waals surface area contributed by atoms with Crippen molar-refractivity contribution in [3.8, 4) is 0 Å². The van der Waals surface area contributed by atoms with E-state index in [1.807, 2.05) is 6.92 Å². The second-order valence-corrected chi connectivity index (χ2v) is 4.29. The molecule has 2 heteroatoms. The summed E-state index contributed by atoms with van der Waals surface area (Å²) in [6, 6.07) is 0. The number of allylic oxidation sites excluding steroid dienone is 2. The summed E-state index contributed by atoms with van der Waals surface area (Å²) < 4.78 is 1.14. The molecule has 0 heterocycles. The van der Waals surface area contributed by atoms with Crippen molar-refractivity contribution in [2.45, 2.75) is 40.0 Å². The predicted octanol–water partition coefficient (Wildman–Crippen LogP) is 3.47. The number of hydrogen-bond acceptors (Lipinski definition) is 1. The van der Waals surface area contributed by atoms with Crippen LogP contribution < -0.4 is 0 Å². The van der Waals surface area contributed by atoms with Crippen molar-refractivity contribution in [3.05, 3.63) is 9.15 Å². The van der Waals surface area contributed by atoms with Gasteiger partial charge in [-0.15, -0.1) is 0 Å². The average molecular weight is 266 g/mol. The molecule has 0 spiro atoms. The number of Topliss-reactive ketones (excluding diaryl/α,β-unsaturated/α-hetero) is 1. The highest BCUT2D eigenvalue weighted by Gasteiger charge is 2.04. The second-order valence-electron chi connectivity index (χ2n) is 2.67. The zero-order chi connectivity index (χ0) is 8.85. The molecule has 0 radical (unpaired) electrons. The van der Waals surface area contributed by atoms with E-state index in [0.717, 1.165) is 28.4 Å². The third-order valence-corrected chi connectivity index (χ3v) is 2.27. The molecule has 0 atom stereocenters. The van der Waals surface area contributed by atoms with E-state index in [1.54, 1.807) is 6.92 Å². The Bertz CT molecular complexity index is 166. The molecule has 1 nitrogen and oxygen atoms in total. The lowest BCUT2D eigenvalue weighted by molar-refractivity contribution is -0.113. The van der Waals surface area contributed by atoms with Crippen LogP contribution in [0.4, 0.5) is 0 Å². The van der Waals surface area contributed by atoms with Gasteiger partial charge in [0.05, 0.1) is 0 Å². The van der Waals surface area contributed by atoms with Gasteiger partial charge in [0, 0.05) is 5.57 Å². The molecule has 64 valence electrons. The standard InChI is InChI=1S/C9H15IO/c1-4-5-6-9(7(2)10)8(3)11/h4-6H2,1-3H3/b9-7+. The zero-order valence-electron chi connectivity index (χ0n) is 7.41. The summed E-state index contributed by atoms with van der Waals surface area (Å²) in [5.41, 5.74) is 1.01. The van der Waals surface area contributed by atoms with Gasteiger partial charge in [-0.25, -0.2) is 0 Å². The summed E-state index contributed by atoms with van der Waals surface area (Å²) in [6.45, 7) is 5.78. The van der Waals surface area contributed by atoms with Gasteiger partial charge in [-0.1, -0.05) is 13.3 Å². The fraction of sp³-hybridized carbons (Fsp3) is 0.667. The van der Waals surface area contributed by atoms with Crippen molar-refractivity contribution in [1.82, 2.24) is 0 Å². The van der Waals surface area contributed by atoms with Crippen LogP contribution in [0.2, 0.25) is 0 Å². The third kappa shape index (κ3) is 4.56. The van der Waals surface area contributed by atoms with E-state index in [4.69, 9.17) is 0 Å². The van der Waals surface area contributed by atoms with Gasteiger partial charge in [0.15, 0.2) is 5.78 Å². The smallest absolute Gasteiger partial charge is 0.156 e. The van der Waals surface area contributed by atoms with E-state index >= 15 is 0 Å². The Balaban J connectivity index is 4.14. The lowest BCUT2D eigenvalue weighted by atomic mass is 10.1. The number of unbranched alkanes of at least 4 members (excludes halogenated alkanes) is 1. The lowest BCUT2D eigenvalue weighted by Gasteiger charge is -2.02. The van der Waals surface area contributed by atoms with Crippen molar-refractivity contribution in [3.63, 3.8) is 0 Å². The molecule has 0 N–H and O–H groups in total. The first kappa shape index (κ1) is 11.1. The van der Waals surface area contributed by atoms with E-state index in [9.17, 15) is 4.79 Å². The van der Waals surface area contributed by atoms with Crippen LogP contribution in [0, 0.1) is 0 Å². The van der Waals surface area contributed by atoms with Crippen LogP contribution in [-0.2, 0) is 4.79 Å². The van der Waals surface area contributed by atoms with E-state index in [1.165, 1.54) is 0 Å². The molecular formula is C9H15IO. The van der Waals surface area contributed by atoms with Crippen LogP contribution in [0.5, 0.6) is 0 Å². The number of halogens is 1. The average Bonchev–Trinajstić information content (AvgIpc) is 1.87. The molecule has 0 aliphatic rings. The highest BCUT2D eigenvalue weighted by molar-refractivity contribution is 14.1. The molecule has 0 unspecified atom stereocenters. The van der Waals surface area contributed by atoms with Crippen LogP contribution in [0.15, 0.2) is 9.15 Å². The Morgan fingerprint density at radius 2 is 1.91 bits per heavy atom. The minimum atomic E-state index is 0.227. The first-order chi connectivity index (χ1) is 5.09. The minimum absolute atomic E-state index is 0.227. The maximum Gasteiger partial charge on any atom is 0.156 e. The topological polar surface area (TPSA) is 17.1 Å². The molecule has 0 amide bonds. The van der Waals surface area contributed by atoms with Crippen molar-refractivity contribution in [2.75, 3.05) is 0 Å². The van der Waals surface area contributed by atoms with Crippen LogP contribution in [0.1, 0.15) is 40.0 Å². The largest absolute Gasteiger partial charge is 0.295 e. The van der Waals surface area contributed by atoms with Gasteiger partial charge in [-0.3, -0.25) is 4.79 Å². The van der Waals surface area contributed by atoms with Crippen molar-refractivity contribution < 1.29 is 4.79 Å². The molecule has 0 bridgehead atoms. The normalized spacial score (nSPS) is 12.7. The molecule has 0 fully saturated rings. The SMILES string of the molecule is CCCC/C(C(C)=O)=C(/C)I. The Hall–Kier alpha value is 0.140. The van der Waals surface area contributed by atoms with E-state index < -0.39 is 0 Å². The quantitative estimate of drug-likeness (QED) is 0.562. The number of rotatable bonds is 4. The van der Waals surface area contributed by atoms with Gasteiger partial charge < -0.3 is 0 Å². The van der Waals surface area contributed by atoms with Gasteiger partial charge in [0.25, 0.3) is 0 Å². The Morgan fingerprint density at radius 1 is 1.36 bits per heavy atom. The number of ketones is 1. The lowest BCUT2D eigenvalue weighted by Crippen LogP contribution is -1.97. The molecule has 0 saturated heterocycles. The second kappa shape index (κ2) is 5.75. The molecule has 0 aromatic carbocycles. The van der Waals surface area contributed by atoms with Crippen LogP contribution in [0.25, 0.3) is 0 Å². The number of hydrogen-bond donors (Lipinski definition) is 0. The Morgan fingerprint density at radius 3 is 2.18 bits per heavy atom. The zero-order valence-corrected chi connectivity index (χ0v) is 9.57. The van der Waals surface area contributed by atoms with E-state index in [0.29, 0.717) is 0 Å². The van der Waals surface area contributed by atoms with Crippen molar-refractivity contribution >= 4 is 28.4 Å². The summed E-state index contributed by atoms with van der Waals surface area (Å²) in [5.74, 6) is 0.227. The van der Waals surface area contributed by atoms with E-state index in [-0.39, 0.29) is 5.78 Å². The highest BCUT2D eigenvalue weighted by atomic mass is 127. The summed E-state index contributed by atoms with van der Waals surface area (Å²) >= 11 is 2.22. The molecule has 0 aromatic heterocycles. The maximum absolute atomic E-state index is 11.0. The Kier molecular flexibility index (Phi) is 5.82. The van der Waals surface area contributed by atoms with Crippen LogP contribution in [0.3, 0.4) is 0 Å². The highest BCUT2D eigenvalue weighted by Crippen LogP contribution is 2.18. The van der Waals surface area contributed by atoms with Crippen molar-refractivity contribution in [1.29, 1.82) is 0 Å². The summed E-state index contributed by atoms with van der Waals surface area (Å²) in [4.78, 5) is 11.0. The monoisotopic (exact) mass is 266 g/mol. The van der Waals surface area contributed by atoms with Gasteiger partial charge in [0.1, 0.15) is 0 Å². The molecule has 0 saturated carbocycles. The predicted molar refractivity (Wildman–Crippen MR) is 56.9 cm³/mol. The first-order valence-electron chi connectivity index (χ1n) is 3.95. The molecule has 0 aliphatic heterocycles.